The number of rotatable bonds is 4. The maximum absolute atomic E-state index is 13.1. The molecule has 0 fully saturated rings. The molecule has 4 rings (SSSR count). The molecule has 0 aliphatic carbocycles. The molecule has 6 heteroatoms. The van der Waals surface area contributed by atoms with Crippen LogP contribution in [0.25, 0.3) is 0 Å². The van der Waals surface area contributed by atoms with Gasteiger partial charge in [0.05, 0.1) is 24.1 Å². The zero-order chi connectivity index (χ0) is 19.0. The largest absolute Gasteiger partial charge is 0.497 e. The smallest absolute Gasteiger partial charge is 0.262 e. The van der Waals surface area contributed by atoms with Crippen LogP contribution in [0.1, 0.15) is 27.8 Å². The number of nitrogens with zero attached hydrogens (tertiary/aromatic N) is 2. The van der Waals surface area contributed by atoms with Gasteiger partial charge in [-0.3, -0.25) is 14.7 Å². The number of nitrogens with one attached hydrogen (secondary N) is 1. The minimum absolute atomic E-state index is 0.109. The number of carbonyl (C=O) groups excluding carboxylic acids is 1. The van der Waals surface area contributed by atoms with Crippen molar-refractivity contribution >= 4 is 28.9 Å². The zero-order valence-electron chi connectivity index (χ0n) is 14.9. The second kappa shape index (κ2) is 6.93. The predicted molar refractivity (Wildman–Crippen MR) is 107 cm³/mol. The molecular weight excluding hydrogens is 362 g/mol. The first-order valence-electron chi connectivity index (χ1n) is 8.53. The fourth-order valence-corrected chi connectivity index (χ4v) is 3.37. The molecule has 27 heavy (non-hydrogen) atoms. The predicted octanol–water partition coefficient (Wildman–Crippen LogP) is 4.82. The third-order valence-electron chi connectivity index (χ3n) is 4.61. The van der Waals surface area contributed by atoms with Crippen molar-refractivity contribution in [2.24, 2.45) is 0 Å². The number of halogens is 1. The highest BCUT2D eigenvalue weighted by molar-refractivity contribution is 6.31. The molecule has 2 aromatic carbocycles. The van der Waals surface area contributed by atoms with E-state index in [9.17, 15) is 4.79 Å². The van der Waals surface area contributed by atoms with E-state index in [1.165, 1.54) is 0 Å². The molecule has 3 aromatic rings. The number of ether oxygens (including phenoxy) is 1. The molecule has 1 aromatic heterocycles. The van der Waals surface area contributed by atoms with E-state index in [2.05, 4.69) is 10.3 Å². The molecule has 2 heterocycles. The quantitative estimate of drug-likeness (QED) is 0.705. The highest BCUT2D eigenvalue weighted by Gasteiger charge is 2.39. The number of pyridine rings is 1. The van der Waals surface area contributed by atoms with Crippen LogP contribution in [0.2, 0.25) is 5.02 Å². The molecule has 0 unspecified atom stereocenters. The molecule has 1 atom stereocenters. The summed E-state index contributed by atoms with van der Waals surface area (Å²) in [5.74, 6) is 0.573. The maximum Gasteiger partial charge on any atom is 0.262 e. The molecule has 1 aliphatic heterocycles. The van der Waals surface area contributed by atoms with Gasteiger partial charge in [0.25, 0.3) is 5.91 Å². The first-order valence-corrected chi connectivity index (χ1v) is 8.91. The Balaban J connectivity index is 1.78. The van der Waals surface area contributed by atoms with Crippen molar-refractivity contribution in [1.82, 2.24) is 4.98 Å². The van der Waals surface area contributed by atoms with Crippen LogP contribution in [0.4, 0.5) is 11.4 Å². The van der Waals surface area contributed by atoms with E-state index >= 15 is 0 Å². The topological polar surface area (TPSA) is 54.5 Å². The average molecular weight is 380 g/mol. The Morgan fingerprint density at radius 2 is 2.00 bits per heavy atom. The van der Waals surface area contributed by atoms with E-state index in [4.69, 9.17) is 16.3 Å². The second-order valence-electron chi connectivity index (χ2n) is 6.32. The summed E-state index contributed by atoms with van der Waals surface area (Å²) in [5, 5.41) is 4.06. The zero-order valence-corrected chi connectivity index (χ0v) is 15.7. The first kappa shape index (κ1) is 17.4. The van der Waals surface area contributed by atoms with E-state index < -0.39 is 6.17 Å². The van der Waals surface area contributed by atoms with Crippen molar-refractivity contribution in [3.8, 4) is 5.75 Å². The number of hydrogen-bond acceptors (Lipinski definition) is 4. The molecule has 1 amide bonds. The molecule has 0 radical (unpaired) electrons. The Kier molecular flexibility index (Phi) is 4.46. The molecule has 5 nitrogen and oxygen atoms in total. The van der Waals surface area contributed by atoms with Crippen molar-refractivity contribution in [1.29, 1.82) is 0 Å². The van der Waals surface area contributed by atoms with Gasteiger partial charge in [-0.15, -0.1) is 0 Å². The summed E-state index contributed by atoms with van der Waals surface area (Å²) in [4.78, 5) is 19.2. The van der Waals surface area contributed by atoms with Crippen LogP contribution in [0.15, 0.2) is 60.8 Å². The lowest BCUT2D eigenvalue weighted by molar-refractivity contribution is 0.0993. The summed E-state index contributed by atoms with van der Waals surface area (Å²) in [6.45, 7) is 1.95. The average Bonchev–Trinajstić information content (AvgIpc) is 2.97. The normalized spacial score (nSPS) is 15.6. The summed E-state index contributed by atoms with van der Waals surface area (Å²) in [7, 11) is 1.60. The summed E-state index contributed by atoms with van der Waals surface area (Å²) in [6.07, 6.45) is 1.25. The number of anilines is 2. The second-order valence-corrected chi connectivity index (χ2v) is 6.73. The Hall–Kier alpha value is -3.05. The van der Waals surface area contributed by atoms with Crippen molar-refractivity contribution in [3.63, 3.8) is 0 Å². The van der Waals surface area contributed by atoms with Crippen LogP contribution in [0.5, 0.6) is 5.75 Å². The summed E-state index contributed by atoms with van der Waals surface area (Å²) in [5.41, 5.74) is 3.80. The van der Waals surface area contributed by atoms with Gasteiger partial charge in [-0.05, 0) is 48.9 Å². The first-order chi connectivity index (χ1) is 13.1. The lowest BCUT2D eigenvalue weighted by atomic mass is 10.2. The highest BCUT2D eigenvalue weighted by Crippen LogP contribution is 2.38. The van der Waals surface area contributed by atoms with Gasteiger partial charge in [-0.2, -0.15) is 0 Å². The Morgan fingerprint density at radius 3 is 2.78 bits per heavy atom. The summed E-state index contributed by atoms with van der Waals surface area (Å²) < 4.78 is 5.32. The lowest BCUT2D eigenvalue weighted by Crippen LogP contribution is -2.32. The molecular formula is C21H18ClN3O2. The van der Waals surface area contributed by atoms with Crippen LogP contribution in [0, 0.1) is 6.92 Å². The lowest BCUT2D eigenvalue weighted by Gasteiger charge is -2.27. The number of fused-ring (bicyclic) bond motifs is 1. The van der Waals surface area contributed by atoms with E-state index in [1.54, 1.807) is 30.3 Å². The Bertz CT molecular complexity index is 1020. The molecule has 0 saturated carbocycles. The number of aryl methyl sites for hydroxylation is 1. The summed E-state index contributed by atoms with van der Waals surface area (Å²) in [6, 6.07) is 16.7. The van der Waals surface area contributed by atoms with Crippen molar-refractivity contribution in [3.05, 3.63) is 82.6 Å². The SMILES string of the molecule is COc1cccc(N2C(=O)c3cccnc3[C@H]2Nc2ccc(C)c(Cl)c2)c1. The van der Waals surface area contributed by atoms with E-state index in [0.717, 1.165) is 16.9 Å². The van der Waals surface area contributed by atoms with Crippen LogP contribution in [0.3, 0.4) is 0 Å². The van der Waals surface area contributed by atoms with Crippen LogP contribution in [-0.2, 0) is 0 Å². The van der Waals surface area contributed by atoms with Crippen LogP contribution in [-0.4, -0.2) is 18.0 Å². The number of aromatic nitrogens is 1. The van der Waals surface area contributed by atoms with E-state index in [-0.39, 0.29) is 5.91 Å². The molecule has 0 bridgehead atoms. The molecule has 0 spiro atoms. The van der Waals surface area contributed by atoms with Crippen LogP contribution >= 0.6 is 11.6 Å². The Morgan fingerprint density at radius 1 is 1.15 bits per heavy atom. The number of carbonyl (C=O) groups is 1. The van der Waals surface area contributed by atoms with Gasteiger partial charge in [0.1, 0.15) is 5.75 Å². The maximum atomic E-state index is 13.1. The van der Waals surface area contributed by atoms with Crippen molar-refractivity contribution < 1.29 is 9.53 Å². The standard InChI is InChI=1S/C21H18ClN3O2/c1-13-8-9-14(11-18(13)22)24-20-19-17(7-4-10-23-19)21(26)25(20)15-5-3-6-16(12-15)27-2/h3-12,20,24H,1-2H3/t20-/m0/s1. The van der Waals surface area contributed by atoms with E-state index in [1.807, 2.05) is 49.4 Å². The van der Waals surface area contributed by atoms with Crippen LogP contribution < -0.4 is 15.0 Å². The van der Waals surface area contributed by atoms with Crippen molar-refractivity contribution in [2.75, 3.05) is 17.3 Å². The minimum Gasteiger partial charge on any atom is -0.497 e. The van der Waals surface area contributed by atoms with Gasteiger partial charge in [0.15, 0.2) is 6.17 Å². The van der Waals surface area contributed by atoms with Gasteiger partial charge in [0, 0.05) is 23.0 Å². The fourth-order valence-electron chi connectivity index (χ4n) is 3.19. The highest BCUT2D eigenvalue weighted by atomic mass is 35.5. The Labute approximate surface area is 162 Å². The number of methoxy groups -OCH3 is 1. The van der Waals surface area contributed by atoms with Gasteiger partial charge in [-0.1, -0.05) is 23.7 Å². The molecule has 1 N–H and O–H groups in total. The van der Waals surface area contributed by atoms with Gasteiger partial charge in [0.2, 0.25) is 0 Å². The summed E-state index contributed by atoms with van der Waals surface area (Å²) >= 11 is 6.27. The number of benzene rings is 2. The van der Waals surface area contributed by atoms with Gasteiger partial charge < -0.3 is 10.1 Å². The van der Waals surface area contributed by atoms with Gasteiger partial charge >= 0.3 is 0 Å². The molecule has 136 valence electrons. The monoisotopic (exact) mass is 379 g/mol. The third kappa shape index (κ3) is 3.11. The van der Waals surface area contributed by atoms with Gasteiger partial charge in [-0.25, -0.2) is 0 Å². The minimum atomic E-state index is -0.445. The number of hydrogen-bond donors (Lipinski definition) is 1. The third-order valence-corrected chi connectivity index (χ3v) is 5.02. The van der Waals surface area contributed by atoms with E-state index in [0.29, 0.717) is 22.0 Å². The fraction of sp³-hybridized carbons (Fsp3) is 0.143. The molecule has 0 saturated heterocycles. The number of amides is 1. The van der Waals surface area contributed by atoms with Crippen molar-refractivity contribution in [2.45, 2.75) is 13.1 Å². The molecule has 1 aliphatic rings.